The summed E-state index contributed by atoms with van der Waals surface area (Å²) in [6, 6.07) is 7.31. The van der Waals surface area contributed by atoms with Gasteiger partial charge in [-0.3, -0.25) is 14.4 Å². The van der Waals surface area contributed by atoms with Gasteiger partial charge in [-0.15, -0.1) is 0 Å². The Morgan fingerprint density at radius 3 is 2.52 bits per heavy atom. The number of carboxylic acids is 1. The topological polar surface area (TPSA) is 86.7 Å². The van der Waals surface area contributed by atoms with E-state index < -0.39 is 11.4 Å². The minimum atomic E-state index is -0.889. The second-order valence-electron chi connectivity index (χ2n) is 6.79. The summed E-state index contributed by atoms with van der Waals surface area (Å²) in [4.78, 5) is 36.9. The van der Waals surface area contributed by atoms with E-state index in [2.05, 4.69) is 5.32 Å². The molecule has 124 valence electrons. The SMILES string of the molecule is CC(C)(C)C(=O)NCC(=O)N1CC(CC(=O)O)c2ccccc21. The van der Waals surface area contributed by atoms with E-state index in [4.69, 9.17) is 5.11 Å². The average Bonchev–Trinajstić information content (AvgIpc) is 2.82. The van der Waals surface area contributed by atoms with Crippen LogP contribution in [0.4, 0.5) is 5.69 Å². The molecule has 6 nitrogen and oxygen atoms in total. The molecule has 1 aliphatic heterocycles. The normalized spacial score (nSPS) is 16.8. The number of hydrogen-bond acceptors (Lipinski definition) is 3. The molecule has 0 radical (unpaired) electrons. The van der Waals surface area contributed by atoms with Crippen LogP contribution in [0.15, 0.2) is 24.3 Å². The molecule has 2 N–H and O–H groups in total. The lowest BCUT2D eigenvalue weighted by molar-refractivity contribution is -0.137. The van der Waals surface area contributed by atoms with Crippen molar-refractivity contribution in [2.24, 2.45) is 5.41 Å². The zero-order valence-electron chi connectivity index (χ0n) is 13.6. The van der Waals surface area contributed by atoms with E-state index in [1.54, 1.807) is 31.7 Å². The maximum Gasteiger partial charge on any atom is 0.304 e. The van der Waals surface area contributed by atoms with Gasteiger partial charge in [-0.25, -0.2) is 0 Å². The number of carbonyl (C=O) groups excluding carboxylic acids is 2. The van der Waals surface area contributed by atoms with E-state index in [1.165, 1.54) is 0 Å². The third kappa shape index (κ3) is 3.88. The Morgan fingerprint density at radius 1 is 1.26 bits per heavy atom. The van der Waals surface area contributed by atoms with Gasteiger partial charge in [0.25, 0.3) is 0 Å². The lowest BCUT2D eigenvalue weighted by Crippen LogP contribution is -2.43. The summed E-state index contributed by atoms with van der Waals surface area (Å²) in [6.45, 7) is 5.57. The molecule has 0 saturated carbocycles. The van der Waals surface area contributed by atoms with Gasteiger partial charge in [-0.05, 0) is 11.6 Å². The van der Waals surface area contributed by atoms with Gasteiger partial charge in [0.2, 0.25) is 11.8 Å². The van der Waals surface area contributed by atoms with Crippen LogP contribution >= 0.6 is 0 Å². The predicted molar refractivity (Wildman–Crippen MR) is 86.3 cm³/mol. The minimum Gasteiger partial charge on any atom is -0.481 e. The van der Waals surface area contributed by atoms with Crippen LogP contribution in [0.25, 0.3) is 0 Å². The van der Waals surface area contributed by atoms with E-state index in [9.17, 15) is 14.4 Å². The van der Waals surface area contributed by atoms with Crippen molar-refractivity contribution >= 4 is 23.5 Å². The van der Waals surface area contributed by atoms with Gasteiger partial charge in [0.15, 0.2) is 0 Å². The number of anilines is 1. The number of nitrogens with one attached hydrogen (secondary N) is 1. The first kappa shape index (κ1) is 17.0. The van der Waals surface area contributed by atoms with Crippen molar-refractivity contribution in [3.8, 4) is 0 Å². The van der Waals surface area contributed by atoms with E-state index >= 15 is 0 Å². The van der Waals surface area contributed by atoms with E-state index in [-0.39, 0.29) is 30.7 Å². The van der Waals surface area contributed by atoms with Gasteiger partial charge in [0, 0.05) is 23.6 Å². The summed E-state index contributed by atoms with van der Waals surface area (Å²) in [5, 5.41) is 11.7. The predicted octanol–water partition coefficient (Wildman–Crippen LogP) is 1.75. The standard InChI is InChI=1S/C17H22N2O4/c1-17(2,3)16(23)18-9-14(20)19-10-11(8-15(21)22)12-6-4-5-7-13(12)19/h4-7,11H,8-10H2,1-3H3,(H,18,23)(H,21,22). The molecule has 0 bridgehead atoms. The highest BCUT2D eigenvalue weighted by atomic mass is 16.4. The Morgan fingerprint density at radius 2 is 1.91 bits per heavy atom. The second-order valence-corrected chi connectivity index (χ2v) is 6.79. The first-order chi connectivity index (χ1) is 10.7. The summed E-state index contributed by atoms with van der Waals surface area (Å²) >= 11 is 0. The van der Waals surface area contributed by atoms with Gasteiger partial charge < -0.3 is 15.3 Å². The first-order valence-electron chi connectivity index (χ1n) is 7.59. The Labute approximate surface area is 135 Å². The second kappa shape index (κ2) is 6.40. The van der Waals surface area contributed by atoms with Gasteiger partial charge in [-0.1, -0.05) is 39.0 Å². The van der Waals surface area contributed by atoms with Gasteiger partial charge >= 0.3 is 5.97 Å². The van der Waals surface area contributed by atoms with Crippen molar-refractivity contribution in [1.82, 2.24) is 5.32 Å². The van der Waals surface area contributed by atoms with Crippen LogP contribution in [0, 0.1) is 5.41 Å². The molecule has 1 aliphatic rings. The largest absolute Gasteiger partial charge is 0.481 e. The molecule has 1 aromatic rings. The fourth-order valence-corrected chi connectivity index (χ4v) is 2.63. The third-order valence-corrected chi connectivity index (χ3v) is 3.87. The lowest BCUT2D eigenvalue weighted by Gasteiger charge is -2.21. The van der Waals surface area contributed by atoms with Crippen molar-refractivity contribution in [2.75, 3.05) is 18.0 Å². The molecule has 1 unspecified atom stereocenters. The minimum absolute atomic E-state index is 0.0187. The number of aliphatic carboxylic acids is 1. The molecule has 0 saturated heterocycles. The number of hydrogen-bond donors (Lipinski definition) is 2. The quantitative estimate of drug-likeness (QED) is 0.885. The smallest absolute Gasteiger partial charge is 0.304 e. The number of para-hydroxylation sites is 1. The van der Waals surface area contributed by atoms with Gasteiger partial charge in [0.1, 0.15) is 0 Å². The molecule has 2 amide bonds. The molecule has 0 aromatic heterocycles. The zero-order chi connectivity index (χ0) is 17.2. The highest BCUT2D eigenvalue weighted by molar-refractivity contribution is 5.99. The summed E-state index contributed by atoms with van der Waals surface area (Å²) in [5.74, 6) is -1.53. The highest BCUT2D eigenvalue weighted by Gasteiger charge is 2.33. The van der Waals surface area contributed by atoms with Crippen LogP contribution in [0.3, 0.4) is 0 Å². The van der Waals surface area contributed by atoms with E-state index in [1.807, 2.05) is 18.2 Å². The Hall–Kier alpha value is -2.37. The Balaban J connectivity index is 2.10. The van der Waals surface area contributed by atoms with E-state index in [0.29, 0.717) is 6.54 Å². The number of fused-ring (bicyclic) bond motifs is 1. The van der Waals surface area contributed by atoms with Gasteiger partial charge in [-0.2, -0.15) is 0 Å². The highest BCUT2D eigenvalue weighted by Crippen LogP contribution is 2.37. The maximum absolute atomic E-state index is 12.4. The molecule has 0 spiro atoms. The van der Waals surface area contributed by atoms with Crippen molar-refractivity contribution in [3.63, 3.8) is 0 Å². The fraction of sp³-hybridized carbons (Fsp3) is 0.471. The van der Waals surface area contributed by atoms with Crippen LogP contribution in [0.5, 0.6) is 0 Å². The molecule has 6 heteroatoms. The van der Waals surface area contributed by atoms with Crippen molar-refractivity contribution in [2.45, 2.75) is 33.1 Å². The summed E-state index contributed by atoms with van der Waals surface area (Å²) in [5.41, 5.74) is 1.04. The number of nitrogens with zero attached hydrogens (tertiary/aromatic N) is 1. The number of carbonyl (C=O) groups is 3. The Kier molecular flexibility index (Phi) is 4.73. The zero-order valence-corrected chi connectivity index (χ0v) is 13.6. The number of benzene rings is 1. The molecule has 1 atom stereocenters. The molecule has 1 heterocycles. The number of rotatable bonds is 4. The Bertz CT molecular complexity index is 634. The molecule has 0 fully saturated rings. The van der Waals surface area contributed by atoms with E-state index in [0.717, 1.165) is 11.3 Å². The molecule has 23 heavy (non-hydrogen) atoms. The van der Waals surface area contributed by atoms with Crippen LogP contribution in [0.1, 0.15) is 38.7 Å². The summed E-state index contributed by atoms with van der Waals surface area (Å²) < 4.78 is 0. The lowest BCUT2D eigenvalue weighted by atomic mass is 9.96. The van der Waals surface area contributed by atoms with Crippen LogP contribution in [0.2, 0.25) is 0 Å². The maximum atomic E-state index is 12.4. The van der Waals surface area contributed by atoms with Crippen LogP contribution < -0.4 is 10.2 Å². The summed E-state index contributed by atoms with van der Waals surface area (Å²) in [6.07, 6.45) is -0.0187. The van der Waals surface area contributed by atoms with Crippen LogP contribution in [-0.4, -0.2) is 36.0 Å². The van der Waals surface area contributed by atoms with Crippen molar-refractivity contribution in [3.05, 3.63) is 29.8 Å². The molecular formula is C17H22N2O4. The molecule has 2 rings (SSSR count). The summed E-state index contributed by atoms with van der Waals surface area (Å²) in [7, 11) is 0. The number of carboxylic acid groups (broad SMARTS) is 1. The van der Waals surface area contributed by atoms with Crippen molar-refractivity contribution < 1.29 is 19.5 Å². The molecular weight excluding hydrogens is 296 g/mol. The molecule has 0 aliphatic carbocycles. The van der Waals surface area contributed by atoms with Gasteiger partial charge in [0.05, 0.1) is 13.0 Å². The first-order valence-corrected chi connectivity index (χ1v) is 7.59. The van der Waals surface area contributed by atoms with Crippen LogP contribution in [-0.2, 0) is 14.4 Å². The average molecular weight is 318 g/mol. The molecule has 1 aromatic carbocycles. The monoisotopic (exact) mass is 318 g/mol. The number of amides is 2. The van der Waals surface area contributed by atoms with Crippen molar-refractivity contribution in [1.29, 1.82) is 0 Å². The third-order valence-electron chi connectivity index (χ3n) is 3.87. The fourth-order valence-electron chi connectivity index (χ4n) is 2.63.